The Balaban J connectivity index is 1.94. The van der Waals surface area contributed by atoms with Gasteiger partial charge in [-0.2, -0.15) is 0 Å². The molecule has 6 heteroatoms. The number of sulfonamides is 1. The Kier molecular flexibility index (Phi) is 9.99. The van der Waals surface area contributed by atoms with Crippen LogP contribution in [-0.2, 0) is 19.6 Å². The molecule has 158 valence electrons. The van der Waals surface area contributed by atoms with E-state index in [4.69, 9.17) is 4.74 Å². The summed E-state index contributed by atoms with van der Waals surface area (Å²) in [5, 5.41) is 0. The molecular weight excluding hydrogens is 374 g/mol. The number of benzene rings is 1. The zero-order valence-electron chi connectivity index (χ0n) is 17.1. The summed E-state index contributed by atoms with van der Waals surface area (Å²) in [5.41, 5.74) is 1.03. The smallest absolute Gasteiger partial charge is 0.305 e. The lowest BCUT2D eigenvalue weighted by atomic mass is 10.0. The lowest BCUT2D eigenvalue weighted by Crippen LogP contribution is -2.35. The van der Waals surface area contributed by atoms with Crippen LogP contribution in [0.3, 0.4) is 0 Å². The van der Waals surface area contributed by atoms with Crippen molar-refractivity contribution in [3.8, 4) is 0 Å². The van der Waals surface area contributed by atoms with E-state index < -0.39 is 10.0 Å². The first-order valence-corrected chi connectivity index (χ1v) is 12.2. The maximum absolute atomic E-state index is 12.7. The first-order valence-electron chi connectivity index (χ1n) is 10.7. The van der Waals surface area contributed by atoms with Crippen molar-refractivity contribution in [2.45, 2.75) is 94.9 Å². The van der Waals surface area contributed by atoms with Crippen LogP contribution in [0, 0.1) is 6.92 Å². The largest absolute Gasteiger partial charge is 0.466 e. The number of carbonyl (C=O) groups is 1. The molecule has 1 atom stereocenters. The molecule has 1 aliphatic rings. The summed E-state index contributed by atoms with van der Waals surface area (Å²) in [6.45, 7) is 2.30. The SMILES string of the molecule is Cc1ccc(S(=O)(=O)NC2CCCCCCCCCCC(=O)OCCC2)cc1. The Bertz CT molecular complexity index is 685. The van der Waals surface area contributed by atoms with E-state index in [1.54, 1.807) is 12.1 Å². The Labute approximate surface area is 170 Å². The van der Waals surface area contributed by atoms with Crippen LogP contribution in [0.25, 0.3) is 0 Å². The predicted octanol–water partition coefficient (Wildman–Crippen LogP) is 4.88. The minimum absolute atomic E-state index is 0.127. The van der Waals surface area contributed by atoms with Crippen molar-refractivity contribution in [1.82, 2.24) is 4.72 Å². The van der Waals surface area contributed by atoms with Crippen molar-refractivity contribution in [3.05, 3.63) is 29.8 Å². The highest BCUT2D eigenvalue weighted by Crippen LogP contribution is 2.17. The van der Waals surface area contributed by atoms with Gasteiger partial charge in [0, 0.05) is 12.5 Å². The van der Waals surface area contributed by atoms with Gasteiger partial charge in [0.05, 0.1) is 11.5 Å². The molecule has 0 spiro atoms. The summed E-state index contributed by atoms with van der Waals surface area (Å²) in [4.78, 5) is 12.1. The van der Waals surface area contributed by atoms with Gasteiger partial charge in [0.25, 0.3) is 0 Å². The van der Waals surface area contributed by atoms with Gasteiger partial charge < -0.3 is 4.74 Å². The second-order valence-electron chi connectivity index (χ2n) is 7.86. The van der Waals surface area contributed by atoms with Crippen molar-refractivity contribution in [3.63, 3.8) is 0 Å². The number of cyclic esters (lactones) is 1. The fraction of sp³-hybridized carbons (Fsp3) is 0.682. The molecule has 1 heterocycles. The second-order valence-corrected chi connectivity index (χ2v) is 9.58. The Morgan fingerprint density at radius 2 is 1.43 bits per heavy atom. The Morgan fingerprint density at radius 1 is 0.857 bits per heavy atom. The van der Waals surface area contributed by atoms with Crippen LogP contribution in [0.15, 0.2) is 29.2 Å². The van der Waals surface area contributed by atoms with Gasteiger partial charge in [-0.05, 0) is 44.7 Å². The maximum Gasteiger partial charge on any atom is 0.305 e. The third-order valence-corrected chi connectivity index (χ3v) is 6.83. The second kappa shape index (κ2) is 12.2. The van der Waals surface area contributed by atoms with Gasteiger partial charge in [0.15, 0.2) is 0 Å². The summed E-state index contributed by atoms with van der Waals surface area (Å²) < 4.78 is 33.6. The summed E-state index contributed by atoms with van der Waals surface area (Å²) in [6, 6.07) is 6.79. The van der Waals surface area contributed by atoms with Crippen LogP contribution in [-0.4, -0.2) is 27.0 Å². The van der Waals surface area contributed by atoms with Crippen LogP contribution < -0.4 is 4.72 Å². The number of esters is 1. The van der Waals surface area contributed by atoms with E-state index in [0.29, 0.717) is 30.8 Å². The first-order chi connectivity index (χ1) is 13.5. The van der Waals surface area contributed by atoms with Gasteiger partial charge in [0.1, 0.15) is 0 Å². The molecule has 2 rings (SSSR count). The molecule has 1 aliphatic heterocycles. The van der Waals surface area contributed by atoms with Crippen molar-refractivity contribution in [2.75, 3.05) is 6.61 Å². The normalized spacial score (nSPS) is 21.8. The Hall–Kier alpha value is -1.40. The monoisotopic (exact) mass is 409 g/mol. The predicted molar refractivity (Wildman–Crippen MR) is 112 cm³/mol. The highest BCUT2D eigenvalue weighted by Gasteiger charge is 2.20. The third-order valence-electron chi connectivity index (χ3n) is 5.30. The van der Waals surface area contributed by atoms with Crippen molar-refractivity contribution >= 4 is 16.0 Å². The van der Waals surface area contributed by atoms with Gasteiger partial charge in [-0.25, -0.2) is 13.1 Å². The molecule has 0 aromatic heterocycles. The van der Waals surface area contributed by atoms with Crippen molar-refractivity contribution < 1.29 is 17.9 Å². The average Bonchev–Trinajstić information content (AvgIpc) is 2.65. The zero-order chi connectivity index (χ0) is 20.2. The molecule has 1 unspecified atom stereocenters. The van der Waals surface area contributed by atoms with Crippen molar-refractivity contribution in [1.29, 1.82) is 0 Å². The van der Waals surface area contributed by atoms with Gasteiger partial charge in [-0.1, -0.05) is 62.6 Å². The number of nitrogens with one attached hydrogen (secondary N) is 1. The molecule has 5 nitrogen and oxygen atoms in total. The molecule has 0 saturated carbocycles. The van der Waals surface area contributed by atoms with E-state index in [2.05, 4.69) is 4.72 Å². The summed E-state index contributed by atoms with van der Waals surface area (Å²) >= 11 is 0. The van der Waals surface area contributed by atoms with Gasteiger partial charge in [-0.15, -0.1) is 0 Å². The number of rotatable bonds is 3. The van der Waals surface area contributed by atoms with Gasteiger partial charge in [0.2, 0.25) is 10.0 Å². The van der Waals surface area contributed by atoms with Crippen LogP contribution >= 0.6 is 0 Å². The zero-order valence-corrected chi connectivity index (χ0v) is 17.9. The van der Waals surface area contributed by atoms with Gasteiger partial charge in [-0.3, -0.25) is 4.79 Å². The number of hydrogen-bond acceptors (Lipinski definition) is 4. The minimum atomic E-state index is -3.53. The highest BCUT2D eigenvalue weighted by molar-refractivity contribution is 7.89. The lowest BCUT2D eigenvalue weighted by molar-refractivity contribution is -0.143. The molecule has 1 aromatic rings. The fourth-order valence-corrected chi connectivity index (χ4v) is 4.88. The molecule has 1 saturated heterocycles. The molecule has 1 aromatic carbocycles. The molecule has 0 aliphatic carbocycles. The molecule has 0 radical (unpaired) electrons. The topological polar surface area (TPSA) is 72.5 Å². The van der Waals surface area contributed by atoms with Gasteiger partial charge >= 0.3 is 5.97 Å². The summed E-state index contributed by atoms with van der Waals surface area (Å²) in [7, 11) is -3.53. The van der Waals surface area contributed by atoms with E-state index in [1.165, 1.54) is 25.7 Å². The van der Waals surface area contributed by atoms with E-state index in [9.17, 15) is 13.2 Å². The molecule has 0 bridgehead atoms. The summed E-state index contributed by atoms with van der Waals surface area (Å²) in [5.74, 6) is -0.135. The molecule has 1 N–H and O–H groups in total. The van der Waals surface area contributed by atoms with E-state index in [-0.39, 0.29) is 12.0 Å². The van der Waals surface area contributed by atoms with E-state index in [0.717, 1.165) is 37.7 Å². The number of aryl methyl sites for hydroxylation is 1. The van der Waals surface area contributed by atoms with Crippen LogP contribution in [0.5, 0.6) is 0 Å². The quantitative estimate of drug-likeness (QED) is 0.722. The Morgan fingerprint density at radius 3 is 2.11 bits per heavy atom. The molecular formula is C22H35NO4S. The first kappa shape index (κ1) is 22.9. The highest BCUT2D eigenvalue weighted by atomic mass is 32.2. The lowest BCUT2D eigenvalue weighted by Gasteiger charge is -2.19. The molecule has 1 fully saturated rings. The molecule has 28 heavy (non-hydrogen) atoms. The number of carbonyl (C=O) groups excluding carboxylic acids is 1. The maximum atomic E-state index is 12.7. The number of hydrogen-bond donors (Lipinski definition) is 1. The van der Waals surface area contributed by atoms with E-state index in [1.807, 2.05) is 19.1 Å². The average molecular weight is 410 g/mol. The van der Waals surface area contributed by atoms with Crippen LogP contribution in [0.1, 0.15) is 82.6 Å². The van der Waals surface area contributed by atoms with Crippen LogP contribution in [0.2, 0.25) is 0 Å². The van der Waals surface area contributed by atoms with Crippen LogP contribution in [0.4, 0.5) is 0 Å². The minimum Gasteiger partial charge on any atom is -0.466 e. The fourth-order valence-electron chi connectivity index (χ4n) is 3.58. The van der Waals surface area contributed by atoms with E-state index >= 15 is 0 Å². The third kappa shape index (κ3) is 8.74. The molecule has 0 amide bonds. The van der Waals surface area contributed by atoms with Crippen molar-refractivity contribution in [2.24, 2.45) is 0 Å². The number of ether oxygens (including phenoxy) is 1. The summed E-state index contributed by atoms with van der Waals surface area (Å²) in [6.07, 6.45) is 11.6. The standard InChI is InChI=1S/C22H35NO4S/c1-19-14-16-21(17-15-19)28(25,26)23-20-11-8-6-4-2-3-5-7-9-13-22(24)27-18-10-12-20/h14-17,20,23H,2-13,18H2,1H3.